The Morgan fingerprint density at radius 1 is 1.17 bits per heavy atom. The second-order valence-electron chi connectivity index (χ2n) is 4.32. The van der Waals surface area contributed by atoms with Gasteiger partial charge in [-0.1, -0.05) is 19.8 Å². The predicted molar refractivity (Wildman–Crippen MR) is 72.7 cm³/mol. The summed E-state index contributed by atoms with van der Waals surface area (Å²) in [5, 5.41) is 9.65. The number of aliphatic hydroxyl groups is 1. The minimum atomic E-state index is -0.593. The van der Waals surface area contributed by atoms with E-state index in [-0.39, 0.29) is 6.61 Å². The van der Waals surface area contributed by atoms with E-state index in [0.717, 1.165) is 12.8 Å². The number of aliphatic hydroxyl groups excluding tert-OH is 1. The molecule has 1 aromatic rings. The Hall–Kier alpha value is -1.26. The van der Waals surface area contributed by atoms with Crippen LogP contribution in [-0.2, 0) is 4.74 Å². The zero-order chi connectivity index (χ0) is 13.2. The van der Waals surface area contributed by atoms with Gasteiger partial charge in [-0.25, -0.2) is 0 Å². The van der Waals surface area contributed by atoms with E-state index in [1.807, 2.05) is 0 Å². The van der Waals surface area contributed by atoms with E-state index in [4.69, 9.17) is 15.2 Å². The lowest BCUT2D eigenvalue weighted by atomic mass is 10.3. The summed E-state index contributed by atoms with van der Waals surface area (Å²) in [6.45, 7) is 3.40. The van der Waals surface area contributed by atoms with Gasteiger partial charge in [-0.2, -0.15) is 0 Å². The molecule has 0 heterocycles. The molecule has 3 N–H and O–H groups in total. The third-order valence-corrected chi connectivity index (χ3v) is 2.52. The molecule has 0 fully saturated rings. The molecular weight excluding hydrogens is 230 g/mol. The quantitative estimate of drug-likeness (QED) is 0.523. The van der Waals surface area contributed by atoms with Crippen LogP contribution in [0, 0.1) is 0 Å². The Labute approximate surface area is 109 Å². The van der Waals surface area contributed by atoms with Gasteiger partial charge in [0.05, 0.1) is 6.61 Å². The molecule has 0 aromatic heterocycles. The lowest BCUT2D eigenvalue weighted by Gasteiger charge is -2.12. The van der Waals surface area contributed by atoms with E-state index >= 15 is 0 Å². The second-order valence-corrected chi connectivity index (χ2v) is 4.32. The van der Waals surface area contributed by atoms with E-state index in [2.05, 4.69) is 6.92 Å². The van der Waals surface area contributed by atoms with Gasteiger partial charge in [0.25, 0.3) is 0 Å². The van der Waals surface area contributed by atoms with Gasteiger partial charge >= 0.3 is 0 Å². The number of hydrogen-bond acceptors (Lipinski definition) is 4. The number of anilines is 1. The van der Waals surface area contributed by atoms with Gasteiger partial charge in [-0.15, -0.1) is 0 Å². The van der Waals surface area contributed by atoms with Crippen molar-refractivity contribution in [2.24, 2.45) is 0 Å². The van der Waals surface area contributed by atoms with E-state index in [1.165, 1.54) is 6.42 Å². The van der Waals surface area contributed by atoms with Gasteiger partial charge in [0, 0.05) is 12.3 Å². The molecule has 0 bridgehead atoms. The van der Waals surface area contributed by atoms with E-state index < -0.39 is 6.10 Å². The zero-order valence-corrected chi connectivity index (χ0v) is 11.0. The highest BCUT2D eigenvalue weighted by Gasteiger charge is 2.05. The topological polar surface area (TPSA) is 64.7 Å². The van der Waals surface area contributed by atoms with Crippen LogP contribution in [0.1, 0.15) is 26.2 Å². The standard InChI is InChI=1S/C14H23NO3/c1-2-3-4-9-17-10-13(16)11-18-14-7-5-12(15)6-8-14/h5-8,13,16H,2-4,9-11,15H2,1H3. The summed E-state index contributed by atoms with van der Waals surface area (Å²) >= 11 is 0. The van der Waals surface area contributed by atoms with Gasteiger partial charge < -0.3 is 20.3 Å². The molecule has 1 unspecified atom stereocenters. The van der Waals surface area contributed by atoms with Gasteiger partial charge in [0.15, 0.2) is 0 Å². The molecular formula is C14H23NO3. The van der Waals surface area contributed by atoms with Crippen LogP contribution in [0.25, 0.3) is 0 Å². The number of rotatable bonds is 9. The molecule has 0 saturated heterocycles. The maximum atomic E-state index is 9.65. The molecule has 4 nitrogen and oxygen atoms in total. The Kier molecular flexibility index (Phi) is 7.22. The minimum Gasteiger partial charge on any atom is -0.491 e. The Morgan fingerprint density at radius 2 is 1.89 bits per heavy atom. The largest absolute Gasteiger partial charge is 0.491 e. The molecule has 4 heteroatoms. The van der Waals surface area contributed by atoms with Crippen LogP contribution >= 0.6 is 0 Å². The van der Waals surface area contributed by atoms with Crippen LogP contribution < -0.4 is 10.5 Å². The van der Waals surface area contributed by atoms with Crippen molar-refractivity contribution in [2.45, 2.75) is 32.3 Å². The summed E-state index contributed by atoms with van der Waals surface area (Å²) < 4.78 is 10.8. The molecule has 1 rings (SSSR count). The second kappa shape index (κ2) is 8.78. The fourth-order valence-corrected chi connectivity index (χ4v) is 1.48. The van der Waals surface area contributed by atoms with Crippen molar-refractivity contribution in [1.82, 2.24) is 0 Å². The zero-order valence-electron chi connectivity index (χ0n) is 11.0. The van der Waals surface area contributed by atoms with Crippen LogP contribution in [0.3, 0.4) is 0 Å². The Bertz CT molecular complexity index is 313. The first-order valence-corrected chi connectivity index (χ1v) is 6.46. The fraction of sp³-hybridized carbons (Fsp3) is 0.571. The fourth-order valence-electron chi connectivity index (χ4n) is 1.48. The number of hydrogen-bond donors (Lipinski definition) is 2. The summed E-state index contributed by atoms with van der Waals surface area (Å²) in [5.41, 5.74) is 6.26. The van der Waals surface area contributed by atoms with Gasteiger partial charge in [0.1, 0.15) is 18.5 Å². The SMILES string of the molecule is CCCCCOCC(O)COc1ccc(N)cc1. The predicted octanol–water partition coefficient (Wildman–Crippen LogP) is 2.22. The number of benzene rings is 1. The first-order valence-electron chi connectivity index (χ1n) is 6.46. The van der Waals surface area contributed by atoms with Gasteiger partial charge in [-0.05, 0) is 30.7 Å². The molecule has 0 aliphatic heterocycles. The van der Waals surface area contributed by atoms with Crippen molar-refractivity contribution in [2.75, 3.05) is 25.6 Å². The van der Waals surface area contributed by atoms with Gasteiger partial charge in [0.2, 0.25) is 0 Å². The van der Waals surface area contributed by atoms with Crippen LogP contribution in [0.2, 0.25) is 0 Å². The molecule has 0 radical (unpaired) electrons. The lowest BCUT2D eigenvalue weighted by Crippen LogP contribution is -2.23. The normalized spacial score (nSPS) is 12.3. The van der Waals surface area contributed by atoms with Crippen molar-refractivity contribution in [3.8, 4) is 5.75 Å². The summed E-state index contributed by atoms with van der Waals surface area (Å²) in [6.07, 6.45) is 2.79. The van der Waals surface area contributed by atoms with Crippen molar-refractivity contribution < 1.29 is 14.6 Å². The first kappa shape index (κ1) is 14.8. The summed E-state index contributed by atoms with van der Waals surface area (Å²) in [6, 6.07) is 7.10. The van der Waals surface area contributed by atoms with Crippen LogP contribution in [-0.4, -0.2) is 31.0 Å². The summed E-state index contributed by atoms with van der Waals surface area (Å²) in [4.78, 5) is 0. The third kappa shape index (κ3) is 6.47. The average Bonchev–Trinajstić information content (AvgIpc) is 2.38. The maximum Gasteiger partial charge on any atom is 0.119 e. The van der Waals surface area contributed by atoms with Crippen LogP contribution in [0.4, 0.5) is 5.69 Å². The van der Waals surface area contributed by atoms with E-state index in [0.29, 0.717) is 24.7 Å². The third-order valence-electron chi connectivity index (χ3n) is 2.52. The summed E-state index contributed by atoms with van der Waals surface area (Å²) in [5.74, 6) is 0.703. The molecule has 0 saturated carbocycles. The highest BCUT2D eigenvalue weighted by Crippen LogP contribution is 2.13. The molecule has 0 spiro atoms. The molecule has 1 atom stereocenters. The molecule has 102 valence electrons. The Morgan fingerprint density at radius 3 is 2.56 bits per heavy atom. The molecule has 18 heavy (non-hydrogen) atoms. The smallest absolute Gasteiger partial charge is 0.119 e. The van der Waals surface area contributed by atoms with E-state index in [1.54, 1.807) is 24.3 Å². The average molecular weight is 253 g/mol. The number of nitrogens with two attached hydrogens (primary N) is 1. The van der Waals surface area contributed by atoms with Crippen molar-refractivity contribution in [3.63, 3.8) is 0 Å². The Balaban J connectivity index is 2.09. The van der Waals surface area contributed by atoms with Crippen molar-refractivity contribution in [3.05, 3.63) is 24.3 Å². The number of unbranched alkanes of at least 4 members (excludes halogenated alkanes) is 2. The van der Waals surface area contributed by atoms with Crippen molar-refractivity contribution >= 4 is 5.69 Å². The van der Waals surface area contributed by atoms with Crippen molar-refractivity contribution in [1.29, 1.82) is 0 Å². The van der Waals surface area contributed by atoms with Gasteiger partial charge in [-0.3, -0.25) is 0 Å². The molecule has 1 aromatic carbocycles. The van der Waals surface area contributed by atoms with Crippen LogP contribution in [0.5, 0.6) is 5.75 Å². The number of nitrogen functional groups attached to an aromatic ring is 1. The molecule has 0 aliphatic rings. The monoisotopic (exact) mass is 253 g/mol. The maximum absolute atomic E-state index is 9.65. The summed E-state index contributed by atoms with van der Waals surface area (Å²) in [7, 11) is 0. The first-order chi connectivity index (χ1) is 8.72. The highest BCUT2D eigenvalue weighted by molar-refractivity contribution is 5.41. The molecule has 0 amide bonds. The molecule has 0 aliphatic carbocycles. The lowest BCUT2D eigenvalue weighted by molar-refractivity contribution is 0.0110. The van der Waals surface area contributed by atoms with Crippen LogP contribution in [0.15, 0.2) is 24.3 Å². The van der Waals surface area contributed by atoms with E-state index in [9.17, 15) is 5.11 Å². The minimum absolute atomic E-state index is 0.234. The highest BCUT2D eigenvalue weighted by atomic mass is 16.5. The number of ether oxygens (including phenoxy) is 2.